The van der Waals surface area contributed by atoms with Crippen molar-refractivity contribution in [2.24, 2.45) is 0 Å². The third kappa shape index (κ3) is 7.34. The summed E-state index contributed by atoms with van der Waals surface area (Å²) < 4.78 is 25.5. The molecule has 0 radical (unpaired) electrons. The minimum Gasteiger partial charge on any atom is -0.444 e. The Morgan fingerprint density at radius 3 is 2.57 bits per heavy atom. The zero-order valence-corrected chi connectivity index (χ0v) is 21.5. The van der Waals surface area contributed by atoms with Gasteiger partial charge in [0, 0.05) is 7.11 Å². The molecular formula is C24H30FN9O3. The van der Waals surface area contributed by atoms with Gasteiger partial charge < -0.3 is 25.4 Å². The molecule has 0 bridgehead atoms. The Hall–Kier alpha value is -4.31. The number of halogens is 1. The largest absolute Gasteiger partial charge is 0.444 e. The molecule has 0 aliphatic carbocycles. The zero-order valence-electron chi connectivity index (χ0n) is 21.5. The molecule has 3 heterocycles. The Balaban J connectivity index is 1.86. The molecule has 3 rings (SSSR count). The van der Waals surface area contributed by atoms with E-state index in [9.17, 15) is 14.4 Å². The molecule has 3 aromatic rings. The fourth-order valence-corrected chi connectivity index (χ4v) is 3.30. The molecular weight excluding hydrogens is 481 g/mol. The minimum atomic E-state index is -0.740. The molecule has 0 saturated carbocycles. The summed E-state index contributed by atoms with van der Waals surface area (Å²) in [6.07, 6.45) is 4.03. The molecule has 0 fully saturated rings. The topological polar surface area (TPSA) is 152 Å². The minimum absolute atomic E-state index is 0.00870. The Morgan fingerprint density at radius 2 is 1.95 bits per heavy atom. The van der Waals surface area contributed by atoms with Gasteiger partial charge in [-0.25, -0.2) is 14.2 Å². The number of aryl methyl sites for hydroxylation is 1. The maximum Gasteiger partial charge on any atom is 0.407 e. The van der Waals surface area contributed by atoms with Crippen LogP contribution in [0.1, 0.15) is 39.0 Å². The standard InChI is InChI=1S/C24H30FN9O3/c1-14(30-23(35)37-24(3,4)5)19(13-36-6)32-22-18(25)9-16(11-26)21(33-22)31-17-10-20(15(2)27-12-17)34-28-7-8-29-34/h7-10,12,14,19H,13H2,1-6H3,(H,30,35)(H2,31,32,33)/t14-,19+/m0/s1. The van der Waals surface area contributed by atoms with Gasteiger partial charge in [-0.05, 0) is 46.8 Å². The summed E-state index contributed by atoms with van der Waals surface area (Å²) in [6, 6.07) is 3.67. The van der Waals surface area contributed by atoms with Crippen LogP contribution in [0.4, 0.5) is 26.5 Å². The first-order valence-corrected chi connectivity index (χ1v) is 11.5. The first kappa shape index (κ1) is 27.3. The van der Waals surface area contributed by atoms with Gasteiger partial charge in [0.2, 0.25) is 0 Å². The summed E-state index contributed by atoms with van der Waals surface area (Å²) >= 11 is 0. The maximum atomic E-state index is 14.9. The van der Waals surface area contributed by atoms with Crippen molar-refractivity contribution in [1.82, 2.24) is 30.3 Å². The van der Waals surface area contributed by atoms with Gasteiger partial charge in [-0.2, -0.15) is 15.5 Å². The van der Waals surface area contributed by atoms with Crippen LogP contribution in [0.25, 0.3) is 5.69 Å². The normalized spacial score (nSPS) is 12.8. The number of methoxy groups -OCH3 is 1. The van der Waals surface area contributed by atoms with Crippen LogP contribution in [0.5, 0.6) is 0 Å². The highest BCUT2D eigenvalue weighted by atomic mass is 19.1. The summed E-state index contributed by atoms with van der Waals surface area (Å²) in [5, 5.41) is 26.5. The van der Waals surface area contributed by atoms with E-state index < -0.39 is 29.6 Å². The third-order valence-electron chi connectivity index (χ3n) is 5.07. The van der Waals surface area contributed by atoms with Crippen LogP contribution in [-0.4, -0.2) is 62.5 Å². The second-order valence-corrected chi connectivity index (χ2v) is 9.24. The number of alkyl carbamates (subject to hydrolysis) is 1. The van der Waals surface area contributed by atoms with Crippen LogP contribution >= 0.6 is 0 Å². The van der Waals surface area contributed by atoms with Crippen molar-refractivity contribution in [3.63, 3.8) is 0 Å². The fraction of sp³-hybridized carbons (Fsp3) is 0.417. The molecule has 3 aromatic heterocycles. The molecule has 13 heteroatoms. The lowest BCUT2D eigenvalue weighted by Crippen LogP contribution is -2.48. The van der Waals surface area contributed by atoms with Crippen LogP contribution in [-0.2, 0) is 9.47 Å². The number of pyridine rings is 2. The third-order valence-corrected chi connectivity index (χ3v) is 5.07. The van der Waals surface area contributed by atoms with Gasteiger partial charge in [-0.3, -0.25) is 4.98 Å². The number of hydrogen-bond acceptors (Lipinski definition) is 10. The molecule has 196 valence electrons. The van der Waals surface area contributed by atoms with Crippen molar-refractivity contribution in [3.05, 3.63) is 47.8 Å². The second kappa shape index (κ2) is 11.6. The number of nitrogens with zero attached hydrogens (tertiary/aromatic N) is 6. The SMILES string of the molecule is COC[C@@H](Nc1nc(Nc2cnc(C)c(-n3nccn3)c2)c(C#N)cc1F)[C@H](C)NC(=O)OC(C)(C)C. The van der Waals surface area contributed by atoms with Crippen LogP contribution in [0.2, 0.25) is 0 Å². The number of amides is 1. The number of rotatable bonds is 9. The van der Waals surface area contributed by atoms with Gasteiger partial charge in [0.05, 0.1) is 54.2 Å². The predicted octanol–water partition coefficient (Wildman–Crippen LogP) is 3.46. The van der Waals surface area contributed by atoms with Crippen molar-refractivity contribution >= 4 is 23.4 Å². The summed E-state index contributed by atoms with van der Waals surface area (Å²) in [5.74, 6) is -0.757. The molecule has 3 N–H and O–H groups in total. The molecule has 0 saturated heterocycles. The summed E-state index contributed by atoms with van der Waals surface area (Å²) in [6.45, 7) is 8.93. The smallest absolute Gasteiger partial charge is 0.407 e. The molecule has 0 unspecified atom stereocenters. The molecule has 0 spiro atoms. The van der Waals surface area contributed by atoms with E-state index in [0.717, 1.165) is 6.07 Å². The van der Waals surface area contributed by atoms with Crippen molar-refractivity contribution < 1.29 is 18.7 Å². The van der Waals surface area contributed by atoms with E-state index in [1.807, 2.05) is 13.0 Å². The number of anilines is 3. The van der Waals surface area contributed by atoms with Crippen LogP contribution in [0.3, 0.4) is 0 Å². The highest BCUT2D eigenvalue weighted by Crippen LogP contribution is 2.25. The molecule has 0 aliphatic heterocycles. The van der Waals surface area contributed by atoms with E-state index in [1.54, 1.807) is 52.4 Å². The Morgan fingerprint density at radius 1 is 1.24 bits per heavy atom. The molecule has 12 nitrogen and oxygen atoms in total. The number of ether oxygens (including phenoxy) is 2. The molecule has 37 heavy (non-hydrogen) atoms. The number of nitrogens with one attached hydrogen (secondary N) is 3. The second-order valence-electron chi connectivity index (χ2n) is 9.24. The van der Waals surface area contributed by atoms with Gasteiger partial charge in [0.15, 0.2) is 17.5 Å². The lowest BCUT2D eigenvalue weighted by atomic mass is 10.1. The lowest BCUT2D eigenvalue weighted by Gasteiger charge is -2.28. The molecule has 2 atom stereocenters. The van der Waals surface area contributed by atoms with Crippen LogP contribution in [0, 0.1) is 24.1 Å². The van der Waals surface area contributed by atoms with Crippen LogP contribution in [0.15, 0.2) is 30.7 Å². The first-order chi connectivity index (χ1) is 17.5. The lowest BCUT2D eigenvalue weighted by molar-refractivity contribution is 0.0493. The van der Waals surface area contributed by atoms with E-state index in [2.05, 4.69) is 36.1 Å². The van der Waals surface area contributed by atoms with Crippen LogP contribution < -0.4 is 16.0 Å². The number of hydrogen-bond donors (Lipinski definition) is 3. The number of nitriles is 1. The molecule has 0 aromatic carbocycles. The Kier molecular flexibility index (Phi) is 8.56. The van der Waals surface area contributed by atoms with Gasteiger partial charge in [0.1, 0.15) is 17.4 Å². The predicted molar refractivity (Wildman–Crippen MR) is 134 cm³/mol. The maximum absolute atomic E-state index is 14.9. The Bertz CT molecular complexity index is 1270. The van der Waals surface area contributed by atoms with E-state index >= 15 is 0 Å². The van der Waals surface area contributed by atoms with Gasteiger partial charge in [-0.1, -0.05) is 0 Å². The number of carbonyl (C=O) groups excluding carboxylic acids is 1. The zero-order chi connectivity index (χ0) is 27.2. The van der Waals surface area contributed by atoms with Gasteiger partial charge in [0.25, 0.3) is 0 Å². The summed E-state index contributed by atoms with van der Waals surface area (Å²) in [4.78, 5) is 22.3. The van der Waals surface area contributed by atoms with Gasteiger partial charge in [-0.15, -0.1) is 4.80 Å². The van der Waals surface area contributed by atoms with E-state index in [-0.39, 0.29) is 23.8 Å². The Labute approximate surface area is 214 Å². The summed E-state index contributed by atoms with van der Waals surface area (Å²) in [7, 11) is 1.49. The van der Waals surface area contributed by atoms with E-state index in [0.29, 0.717) is 17.1 Å². The summed E-state index contributed by atoms with van der Waals surface area (Å²) in [5.41, 5.74) is 1.12. The average Bonchev–Trinajstić information content (AvgIpc) is 3.35. The molecule has 1 amide bonds. The van der Waals surface area contributed by atoms with Crippen molar-refractivity contribution in [2.45, 2.75) is 52.3 Å². The fourth-order valence-electron chi connectivity index (χ4n) is 3.30. The quantitative estimate of drug-likeness (QED) is 0.389. The monoisotopic (exact) mass is 511 g/mol. The average molecular weight is 512 g/mol. The van der Waals surface area contributed by atoms with Crippen molar-refractivity contribution in [2.75, 3.05) is 24.4 Å². The van der Waals surface area contributed by atoms with Crippen molar-refractivity contribution in [1.29, 1.82) is 5.26 Å². The van der Waals surface area contributed by atoms with E-state index in [4.69, 9.17) is 9.47 Å². The van der Waals surface area contributed by atoms with E-state index in [1.165, 1.54) is 11.9 Å². The van der Waals surface area contributed by atoms with Gasteiger partial charge >= 0.3 is 6.09 Å². The first-order valence-electron chi connectivity index (χ1n) is 11.5. The molecule has 0 aliphatic rings. The van der Waals surface area contributed by atoms with Crippen molar-refractivity contribution in [3.8, 4) is 11.8 Å². The highest BCUT2D eigenvalue weighted by molar-refractivity contribution is 5.68. The highest BCUT2D eigenvalue weighted by Gasteiger charge is 2.25. The number of aromatic nitrogens is 5. The number of carbonyl (C=O) groups is 1.